The summed E-state index contributed by atoms with van der Waals surface area (Å²) in [7, 11) is 0. The van der Waals surface area contributed by atoms with Gasteiger partial charge in [-0.1, -0.05) is 123 Å². The van der Waals surface area contributed by atoms with Crippen molar-refractivity contribution in [1.82, 2.24) is 25.9 Å². The molecule has 3 aromatic rings. The number of hydrogen-bond acceptors (Lipinski definition) is 11. The van der Waals surface area contributed by atoms with E-state index in [1.807, 2.05) is 48.5 Å². The molecular weight excluding hydrogens is 1000 g/mol. The van der Waals surface area contributed by atoms with Crippen LogP contribution in [0.3, 0.4) is 0 Å². The van der Waals surface area contributed by atoms with Gasteiger partial charge in [0, 0.05) is 57.0 Å². The average molecular weight is 1100 g/mol. The van der Waals surface area contributed by atoms with E-state index in [1.54, 1.807) is 26.8 Å². The summed E-state index contributed by atoms with van der Waals surface area (Å²) in [6.07, 6.45) is 12.6. The number of nitrogens with one attached hydrogen (secondary N) is 5. The Morgan fingerprint density at radius 3 is 1.84 bits per heavy atom. The number of alkyl halides is 2. The molecule has 0 aliphatic heterocycles. The van der Waals surface area contributed by atoms with Crippen molar-refractivity contribution in [2.45, 2.75) is 163 Å². The summed E-state index contributed by atoms with van der Waals surface area (Å²) in [6.45, 7) is 40.8. The number of benzene rings is 2. The molecule has 0 spiro atoms. The number of amides is 2. The number of aldehydes is 2. The smallest absolute Gasteiger partial charge is 0.255 e. The molecule has 0 radical (unpaired) electrons. The van der Waals surface area contributed by atoms with Crippen LogP contribution in [0.1, 0.15) is 160 Å². The van der Waals surface area contributed by atoms with Crippen LogP contribution in [0.2, 0.25) is 0 Å². The number of carbonyl (C=O) groups is 4. The lowest BCUT2D eigenvalue weighted by Gasteiger charge is -2.17. The van der Waals surface area contributed by atoms with Crippen molar-refractivity contribution in [2.24, 2.45) is 10.9 Å². The zero-order valence-corrected chi connectivity index (χ0v) is 49.3. The number of H-pyrrole nitrogens is 1. The fraction of sp³-hybridized carbons (Fsp3) is 0.517. The van der Waals surface area contributed by atoms with E-state index < -0.39 is 10.9 Å². The first-order valence-corrected chi connectivity index (χ1v) is 27.4. The van der Waals surface area contributed by atoms with Crippen LogP contribution in [-0.2, 0) is 23.9 Å². The number of unbranched alkanes of at least 4 members (excludes halogenated alkanes) is 3. The summed E-state index contributed by atoms with van der Waals surface area (Å²) in [5, 5.41) is 21.9. The number of anilines is 1. The molecule has 14 nitrogen and oxygen atoms in total. The van der Waals surface area contributed by atoms with E-state index in [1.165, 1.54) is 5.56 Å². The van der Waals surface area contributed by atoms with Gasteiger partial charge >= 0.3 is 0 Å². The molecule has 0 aliphatic carbocycles. The number of carbonyl (C=O) groups excluding carboxylic acids is 4. The van der Waals surface area contributed by atoms with E-state index in [0.29, 0.717) is 73.3 Å². The van der Waals surface area contributed by atoms with Crippen molar-refractivity contribution in [1.29, 1.82) is 0 Å². The predicted molar refractivity (Wildman–Crippen MR) is 322 cm³/mol. The van der Waals surface area contributed by atoms with Crippen LogP contribution >= 0.6 is 23.2 Å². The molecule has 426 valence electrons. The first kappa shape index (κ1) is 74.6. The maximum atomic E-state index is 11.9. The number of ether oxygens (including phenoxy) is 1. The lowest BCUT2D eigenvalue weighted by atomic mass is 9.95. The first-order chi connectivity index (χ1) is 36.3. The number of aliphatic hydroxyl groups excluding tert-OH is 1. The number of aromatic amines is 1. The fourth-order valence-electron chi connectivity index (χ4n) is 5.82. The van der Waals surface area contributed by atoms with Crippen molar-refractivity contribution < 1.29 is 29.0 Å². The Kier molecular flexibility index (Phi) is 48.0. The minimum absolute atomic E-state index is 0.0549. The van der Waals surface area contributed by atoms with E-state index in [0.717, 1.165) is 99.7 Å². The third kappa shape index (κ3) is 38.8. The highest BCUT2D eigenvalue weighted by atomic mass is 35.5. The number of aliphatic imine (C=N–C) groups is 1. The molecule has 0 bridgehead atoms. The van der Waals surface area contributed by atoms with Gasteiger partial charge in [-0.25, -0.2) is 9.98 Å². The molecule has 76 heavy (non-hydrogen) atoms. The van der Waals surface area contributed by atoms with Gasteiger partial charge in [0.1, 0.15) is 23.2 Å². The second kappa shape index (κ2) is 48.9. The molecule has 3 atom stereocenters. The standard InChI is InChI=1S/C27H36N6O3.C12H18O.C9H17NO2.C6H14O.C4H6Cl2.C2H4/c1-6-8-15-28-25(35)14-13-24(17-34)30-19(4)21-9-11-23(12-10-21)29-16-22(7-2)33-26-18(3)27(36)32-20(5)31-26;1-4-10(3)12(13)11-7-5-9(2)6-8-11;1-2-3-7-10-9(12)6-4-5-8-11;1-3-5-7-6-4-2;1-3(2)4(5)6;1-2/h7,9-12,17,24,29-30H,2,4,6,8,13-16H2,1,3,5H3,(H,28,35)(H,31,32,36);5-8,10,12-13H,4H2,1-3H3;8H,2-7H2,1H3,(H,10,12);3-6H2,1-2H3;4H,1H2,2H3;1-2H2/b33-22+;;;;;. The number of allylic oxidation sites excluding steroid dienone is 1. The molecule has 6 N–H and O–H groups in total. The van der Waals surface area contributed by atoms with Gasteiger partial charge in [-0.3, -0.25) is 14.4 Å². The number of aryl methyl sites for hydroxylation is 2. The van der Waals surface area contributed by atoms with Crippen LogP contribution in [0, 0.1) is 26.7 Å². The van der Waals surface area contributed by atoms with Crippen molar-refractivity contribution >= 4 is 70.5 Å². The Bertz CT molecular complexity index is 2140. The van der Waals surface area contributed by atoms with E-state index in [4.69, 9.17) is 27.9 Å². The van der Waals surface area contributed by atoms with Crippen molar-refractivity contribution in [3.63, 3.8) is 0 Å². The summed E-state index contributed by atoms with van der Waals surface area (Å²) in [5.74, 6) is 1.21. The molecule has 1 heterocycles. The van der Waals surface area contributed by atoms with Gasteiger partial charge in [0.15, 0.2) is 5.82 Å². The molecule has 0 aliphatic rings. The summed E-state index contributed by atoms with van der Waals surface area (Å²) in [6, 6.07) is 15.1. The topological polar surface area (TPSA) is 204 Å². The Morgan fingerprint density at radius 2 is 1.38 bits per heavy atom. The van der Waals surface area contributed by atoms with Crippen LogP contribution in [0.5, 0.6) is 0 Å². The molecule has 0 saturated heterocycles. The van der Waals surface area contributed by atoms with E-state index in [-0.39, 0.29) is 29.9 Å². The van der Waals surface area contributed by atoms with Gasteiger partial charge in [-0.15, -0.1) is 36.4 Å². The van der Waals surface area contributed by atoms with E-state index in [9.17, 15) is 29.1 Å². The molecule has 2 aromatic carbocycles. The summed E-state index contributed by atoms with van der Waals surface area (Å²) in [5.41, 5.74) is 6.20. The molecule has 3 unspecified atom stereocenters. The number of halogens is 2. The Morgan fingerprint density at radius 1 is 0.842 bits per heavy atom. The van der Waals surface area contributed by atoms with Gasteiger partial charge in [0.2, 0.25) is 11.8 Å². The Balaban J connectivity index is -0.00000108. The summed E-state index contributed by atoms with van der Waals surface area (Å²) in [4.78, 5) is 67.2. The lowest BCUT2D eigenvalue weighted by Crippen LogP contribution is -2.32. The van der Waals surface area contributed by atoms with E-state index >= 15 is 0 Å². The zero-order valence-electron chi connectivity index (χ0n) is 47.8. The van der Waals surface area contributed by atoms with Crippen LogP contribution in [-0.4, -0.2) is 88.9 Å². The molecule has 2 amide bonds. The van der Waals surface area contributed by atoms with Crippen molar-refractivity contribution in [3.05, 3.63) is 132 Å². The van der Waals surface area contributed by atoms with Gasteiger partial charge < -0.3 is 45.7 Å². The van der Waals surface area contributed by atoms with Gasteiger partial charge in [-0.2, -0.15) is 0 Å². The van der Waals surface area contributed by atoms with Crippen LogP contribution < -0.4 is 26.8 Å². The van der Waals surface area contributed by atoms with E-state index in [2.05, 4.69) is 118 Å². The number of aromatic nitrogens is 2. The monoisotopic (exact) mass is 1100 g/mol. The highest BCUT2D eigenvalue weighted by Crippen LogP contribution is 2.24. The average Bonchev–Trinajstić information content (AvgIpc) is 3.41. The second-order valence-corrected chi connectivity index (χ2v) is 18.8. The van der Waals surface area contributed by atoms with Crippen LogP contribution in [0.15, 0.2) is 103 Å². The second-order valence-electron chi connectivity index (χ2n) is 17.7. The van der Waals surface area contributed by atoms with Gasteiger partial charge in [0.05, 0.1) is 30.0 Å². The third-order valence-corrected chi connectivity index (χ3v) is 11.5. The molecule has 1 aromatic heterocycles. The maximum absolute atomic E-state index is 11.9. The minimum atomic E-state index is -0.496. The maximum Gasteiger partial charge on any atom is 0.255 e. The molecular formula is C60H95Cl2N7O7. The zero-order chi connectivity index (χ0) is 58.3. The largest absolute Gasteiger partial charge is 0.388 e. The number of nitrogens with zero attached hydrogens (tertiary/aromatic N) is 2. The van der Waals surface area contributed by atoms with Crippen molar-refractivity contribution in [3.8, 4) is 0 Å². The molecule has 0 fully saturated rings. The first-order valence-electron chi connectivity index (χ1n) is 26.5. The molecule has 16 heteroatoms. The van der Waals surface area contributed by atoms with Crippen molar-refractivity contribution in [2.75, 3.05) is 38.2 Å². The third-order valence-electron chi connectivity index (χ3n) is 10.7. The number of rotatable bonds is 30. The highest BCUT2D eigenvalue weighted by molar-refractivity contribution is 6.46. The SMILES string of the molecule is C=C.C=C(C)C(Cl)Cl.C=C/C(CNc1ccc(C(=C)NC(C=O)CCC(=O)NCCCC)cc1)=N\c1nc(C)[nH]c(=O)c1C.CCC(C)C(O)c1ccc(C)cc1.CCCCNC(=O)CCCC=O.CCCOCCC. The fourth-order valence-corrected chi connectivity index (χ4v) is 5.82. The van der Waals surface area contributed by atoms with Gasteiger partial charge in [-0.05, 0) is 107 Å². The quantitative estimate of drug-likeness (QED) is 0.0123. The Labute approximate surface area is 467 Å². The normalized spacial score (nSPS) is 11.4. The number of hydrogen-bond donors (Lipinski definition) is 6. The highest BCUT2D eigenvalue weighted by Gasteiger charge is 2.14. The lowest BCUT2D eigenvalue weighted by molar-refractivity contribution is -0.122. The molecule has 0 saturated carbocycles. The predicted octanol–water partition coefficient (Wildman–Crippen LogP) is 12.9. The molecule has 3 rings (SSSR count). The van der Waals surface area contributed by atoms with Crippen LogP contribution in [0.25, 0.3) is 5.70 Å². The minimum Gasteiger partial charge on any atom is -0.388 e. The van der Waals surface area contributed by atoms with Gasteiger partial charge in [0.25, 0.3) is 5.56 Å². The Hall–Kier alpha value is -5.67. The number of aliphatic hydroxyl groups is 1. The summed E-state index contributed by atoms with van der Waals surface area (Å²) < 4.78 is 5.13. The van der Waals surface area contributed by atoms with Crippen LogP contribution in [0.4, 0.5) is 11.5 Å². The summed E-state index contributed by atoms with van der Waals surface area (Å²) >= 11 is 10.6.